The van der Waals surface area contributed by atoms with Crippen LogP contribution in [0.25, 0.3) is 0 Å². The molecule has 0 spiro atoms. The number of carbonyl (C=O) groups is 2. The molecule has 1 rings (SSSR count). The third-order valence-corrected chi connectivity index (χ3v) is 2.20. The van der Waals surface area contributed by atoms with Crippen molar-refractivity contribution in [2.45, 2.75) is 0 Å². The number of benzene rings is 1. The fourth-order valence-electron chi connectivity index (χ4n) is 1.35. The Hall–Kier alpha value is -1.92. The molecule has 0 heterocycles. The minimum Gasteiger partial charge on any atom is -0.478 e. The molecule has 0 aliphatic rings. The van der Waals surface area contributed by atoms with Crippen LogP contribution in [0.4, 0.5) is 5.69 Å². The SMILES string of the molecule is COCCNCC(=O)Nc1ccccc1C(=O)O. The maximum absolute atomic E-state index is 11.5. The van der Waals surface area contributed by atoms with Crippen LogP contribution in [-0.4, -0.2) is 43.8 Å². The smallest absolute Gasteiger partial charge is 0.337 e. The first kappa shape index (κ1) is 14.1. The van der Waals surface area contributed by atoms with Gasteiger partial charge in [0.15, 0.2) is 0 Å². The first-order valence-electron chi connectivity index (χ1n) is 5.47. The van der Waals surface area contributed by atoms with Crippen molar-refractivity contribution < 1.29 is 19.4 Å². The van der Waals surface area contributed by atoms with Crippen LogP contribution >= 0.6 is 0 Å². The molecular weight excluding hydrogens is 236 g/mol. The Morgan fingerprint density at radius 1 is 1.33 bits per heavy atom. The van der Waals surface area contributed by atoms with Crippen LogP contribution < -0.4 is 10.6 Å². The summed E-state index contributed by atoms with van der Waals surface area (Å²) in [5.74, 6) is -1.36. The van der Waals surface area contributed by atoms with Gasteiger partial charge in [-0.3, -0.25) is 4.79 Å². The number of carboxylic acids is 1. The number of amides is 1. The van der Waals surface area contributed by atoms with E-state index in [1.165, 1.54) is 6.07 Å². The van der Waals surface area contributed by atoms with Gasteiger partial charge in [-0.05, 0) is 12.1 Å². The molecule has 0 unspecified atom stereocenters. The van der Waals surface area contributed by atoms with Crippen molar-refractivity contribution in [3.63, 3.8) is 0 Å². The Morgan fingerprint density at radius 2 is 2.06 bits per heavy atom. The van der Waals surface area contributed by atoms with E-state index in [9.17, 15) is 9.59 Å². The number of anilines is 1. The molecule has 6 heteroatoms. The fraction of sp³-hybridized carbons (Fsp3) is 0.333. The zero-order chi connectivity index (χ0) is 13.4. The molecule has 0 aromatic heterocycles. The molecule has 0 saturated carbocycles. The topological polar surface area (TPSA) is 87.7 Å². The summed E-state index contributed by atoms with van der Waals surface area (Å²) in [4.78, 5) is 22.5. The number of aromatic carboxylic acids is 1. The van der Waals surface area contributed by atoms with E-state index in [2.05, 4.69) is 10.6 Å². The average molecular weight is 252 g/mol. The lowest BCUT2D eigenvalue weighted by Gasteiger charge is -2.08. The predicted octanol–water partition coefficient (Wildman–Crippen LogP) is 0.559. The number of methoxy groups -OCH3 is 1. The summed E-state index contributed by atoms with van der Waals surface area (Å²) in [6.07, 6.45) is 0. The van der Waals surface area contributed by atoms with Crippen LogP contribution in [0, 0.1) is 0 Å². The van der Waals surface area contributed by atoms with Crippen molar-refractivity contribution in [3.8, 4) is 0 Å². The van der Waals surface area contributed by atoms with Gasteiger partial charge in [0, 0.05) is 13.7 Å². The highest BCUT2D eigenvalue weighted by Gasteiger charge is 2.10. The highest BCUT2D eigenvalue weighted by atomic mass is 16.5. The van der Waals surface area contributed by atoms with Gasteiger partial charge in [0.05, 0.1) is 24.4 Å². The molecule has 98 valence electrons. The van der Waals surface area contributed by atoms with Gasteiger partial charge < -0.3 is 20.5 Å². The zero-order valence-corrected chi connectivity index (χ0v) is 10.1. The maximum Gasteiger partial charge on any atom is 0.337 e. The molecule has 0 saturated heterocycles. The molecule has 1 aromatic carbocycles. The highest BCUT2D eigenvalue weighted by Crippen LogP contribution is 2.14. The Labute approximate surface area is 105 Å². The standard InChI is InChI=1S/C12H16N2O4/c1-18-7-6-13-8-11(15)14-10-5-3-2-4-9(10)12(16)17/h2-5,13H,6-8H2,1H3,(H,14,15)(H,16,17). The maximum atomic E-state index is 11.5. The van der Waals surface area contributed by atoms with Gasteiger partial charge in [-0.25, -0.2) is 4.79 Å². The number of carboxylic acid groups (broad SMARTS) is 1. The van der Waals surface area contributed by atoms with Crippen LogP contribution in [0.3, 0.4) is 0 Å². The first-order valence-corrected chi connectivity index (χ1v) is 5.47. The number of para-hydroxylation sites is 1. The van der Waals surface area contributed by atoms with Gasteiger partial charge in [0.25, 0.3) is 0 Å². The molecule has 0 aliphatic heterocycles. The summed E-state index contributed by atoms with van der Waals surface area (Å²) in [6, 6.07) is 6.27. The lowest BCUT2D eigenvalue weighted by Crippen LogP contribution is -2.30. The van der Waals surface area contributed by atoms with Crippen molar-refractivity contribution in [1.29, 1.82) is 0 Å². The molecular formula is C12H16N2O4. The van der Waals surface area contributed by atoms with Crippen molar-refractivity contribution in [2.24, 2.45) is 0 Å². The van der Waals surface area contributed by atoms with Crippen molar-refractivity contribution in [2.75, 3.05) is 32.1 Å². The summed E-state index contributed by atoms with van der Waals surface area (Å²) in [5, 5.41) is 14.4. The second-order valence-electron chi connectivity index (χ2n) is 3.57. The number of rotatable bonds is 7. The Bertz CT molecular complexity index is 420. The van der Waals surface area contributed by atoms with E-state index in [1.54, 1.807) is 25.3 Å². The number of carbonyl (C=O) groups excluding carboxylic acids is 1. The Kier molecular flexibility index (Phi) is 5.83. The second-order valence-corrected chi connectivity index (χ2v) is 3.57. The monoisotopic (exact) mass is 252 g/mol. The normalized spacial score (nSPS) is 10.1. The average Bonchev–Trinajstić information content (AvgIpc) is 2.35. The lowest BCUT2D eigenvalue weighted by molar-refractivity contribution is -0.115. The van der Waals surface area contributed by atoms with E-state index < -0.39 is 5.97 Å². The summed E-state index contributed by atoms with van der Waals surface area (Å²) < 4.78 is 4.82. The minimum atomic E-state index is -1.07. The predicted molar refractivity (Wildman–Crippen MR) is 66.8 cm³/mol. The fourth-order valence-corrected chi connectivity index (χ4v) is 1.35. The minimum absolute atomic E-state index is 0.0720. The summed E-state index contributed by atoms with van der Waals surface area (Å²) in [5.41, 5.74) is 0.367. The molecule has 0 aliphatic carbocycles. The lowest BCUT2D eigenvalue weighted by atomic mass is 10.2. The van der Waals surface area contributed by atoms with Gasteiger partial charge >= 0.3 is 5.97 Å². The van der Waals surface area contributed by atoms with E-state index in [4.69, 9.17) is 9.84 Å². The number of nitrogens with one attached hydrogen (secondary N) is 2. The summed E-state index contributed by atoms with van der Waals surface area (Å²) >= 11 is 0. The van der Waals surface area contributed by atoms with Crippen LogP contribution in [0.1, 0.15) is 10.4 Å². The third kappa shape index (κ3) is 4.52. The van der Waals surface area contributed by atoms with Gasteiger partial charge in [-0.1, -0.05) is 12.1 Å². The molecule has 0 fully saturated rings. The Balaban J connectivity index is 2.51. The molecule has 1 aromatic rings. The van der Waals surface area contributed by atoms with Crippen molar-refractivity contribution in [1.82, 2.24) is 5.32 Å². The van der Waals surface area contributed by atoms with E-state index in [1.807, 2.05) is 0 Å². The van der Waals surface area contributed by atoms with Crippen molar-refractivity contribution >= 4 is 17.6 Å². The summed E-state index contributed by atoms with van der Waals surface area (Å²) in [6.45, 7) is 1.18. The molecule has 3 N–H and O–H groups in total. The van der Waals surface area contributed by atoms with Gasteiger partial charge in [-0.15, -0.1) is 0 Å². The quantitative estimate of drug-likeness (QED) is 0.617. The van der Waals surface area contributed by atoms with Gasteiger partial charge in [0.2, 0.25) is 5.91 Å². The zero-order valence-electron chi connectivity index (χ0n) is 10.1. The molecule has 1 amide bonds. The van der Waals surface area contributed by atoms with Gasteiger partial charge in [0.1, 0.15) is 0 Å². The van der Waals surface area contributed by atoms with E-state index in [0.717, 1.165) is 0 Å². The van der Waals surface area contributed by atoms with E-state index in [0.29, 0.717) is 18.8 Å². The molecule has 6 nitrogen and oxygen atoms in total. The molecule has 18 heavy (non-hydrogen) atoms. The van der Waals surface area contributed by atoms with Crippen LogP contribution in [0.5, 0.6) is 0 Å². The van der Waals surface area contributed by atoms with Crippen LogP contribution in [0.15, 0.2) is 24.3 Å². The number of hydrogen-bond donors (Lipinski definition) is 3. The highest BCUT2D eigenvalue weighted by molar-refractivity contribution is 6.00. The molecule has 0 radical (unpaired) electrons. The van der Waals surface area contributed by atoms with E-state index in [-0.39, 0.29) is 18.0 Å². The summed E-state index contributed by atoms with van der Waals surface area (Å²) in [7, 11) is 1.57. The number of hydrogen-bond acceptors (Lipinski definition) is 4. The second kappa shape index (κ2) is 7.41. The van der Waals surface area contributed by atoms with Crippen molar-refractivity contribution in [3.05, 3.63) is 29.8 Å². The number of ether oxygens (including phenoxy) is 1. The van der Waals surface area contributed by atoms with Crippen LogP contribution in [-0.2, 0) is 9.53 Å². The third-order valence-electron chi connectivity index (χ3n) is 2.20. The van der Waals surface area contributed by atoms with E-state index >= 15 is 0 Å². The molecule has 0 atom stereocenters. The Morgan fingerprint density at radius 3 is 2.72 bits per heavy atom. The molecule has 0 bridgehead atoms. The van der Waals surface area contributed by atoms with Gasteiger partial charge in [-0.2, -0.15) is 0 Å². The largest absolute Gasteiger partial charge is 0.478 e. The van der Waals surface area contributed by atoms with Crippen LogP contribution in [0.2, 0.25) is 0 Å². The first-order chi connectivity index (χ1) is 8.65.